The molecule has 4 nitrogen and oxygen atoms in total. The van der Waals surface area contributed by atoms with E-state index in [0.717, 1.165) is 47.2 Å². The number of benzene rings is 1. The van der Waals surface area contributed by atoms with Gasteiger partial charge in [0.2, 0.25) is 0 Å². The number of rotatable bonds is 5. The van der Waals surface area contributed by atoms with Crippen LogP contribution in [-0.2, 0) is 12.0 Å². The molecule has 0 unspecified atom stereocenters. The molecule has 0 bridgehead atoms. The molecule has 2 heterocycles. The zero-order valence-electron chi connectivity index (χ0n) is 14.1. The van der Waals surface area contributed by atoms with Crippen LogP contribution in [0.5, 0.6) is 5.75 Å². The molecule has 0 aliphatic carbocycles. The van der Waals surface area contributed by atoms with Gasteiger partial charge in [-0.3, -0.25) is 0 Å². The van der Waals surface area contributed by atoms with Gasteiger partial charge in [-0.25, -0.2) is 13.8 Å². The zero-order chi connectivity index (χ0) is 17.9. The van der Waals surface area contributed by atoms with Crippen molar-refractivity contribution in [1.29, 1.82) is 0 Å². The van der Waals surface area contributed by atoms with Gasteiger partial charge in [-0.15, -0.1) is 11.3 Å². The summed E-state index contributed by atoms with van der Waals surface area (Å²) in [5.74, 6) is -1.51. The third-order valence-electron chi connectivity index (χ3n) is 4.44. The Hall–Kier alpha value is -1.57. The summed E-state index contributed by atoms with van der Waals surface area (Å²) in [7, 11) is 0. The van der Waals surface area contributed by atoms with Crippen LogP contribution < -0.4 is 10.1 Å². The fraction of sp³-hybridized carbons (Fsp3) is 0.500. The summed E-state index contributed by atoms with van der Waals surface area (Å²) in [5, 5.41) is 15.0. The summed E-state index contributed by atoms with van der Waals surface area (Å²) in [5.41, 5.74) is 0.0255. The Morgan fingerprint density at radius 3 is 2.92 bits per heavy atom. The van der Waals surface area contributed by atoms with Crippen LogP contribution in [0, 0.1) is 18.6 Å². The lowest BCUT2D eigenvalue weighted by molar-refractivity contribution is 0.0237. The molecule has 0 spiro atoms. The molecule has 136 valence electrons. The lowest BCUT2D eigenvalue weighted by atomic mass is 9.96. The molecule has 1 aliphatic rings. The first-order chi connectivity index (χ1) is 12.0. The highest BCUT2D eigenvalue weighted by molar-refractivity contribution is 7.11. The molecule has 0 radical (unpaired) electrons. The van der Waals surface area contributed by atoms with Crippen molar-refractivity contribution in [3.05, 3.63) is 45.4 Å². The minimum Gasteiger partial charge on any atom is -0.493 e. The molecule has 0 saturated carbocycles. The molecule has 1 aromatic carbocycles. The number of aromatic nitrogens is 1. The second-order valence-electron chi connectivity index (χ2n) is 6.34. The minimum atomic E-state index is -0.919. The van der Waals surface area contributed by atoms with Gasteiger partial charge in [0, 0.05) is 17.4 Å². The van der Waals surface area contributed by atoms with Crippen LogP contribution in [0.15, 0.2) is 18.2 Å². The fourth-order valence-electron chi connectivity index (χ4n) is 2.95. The Morgan fingerprint density at radius 2 is 2.12 bits per heavy atom. The second kappa shape index (κ2) is 7.76. The summed E-state index contributed by atoms with van der Waals surface area (Å²) in [4.78, 5) is 5.62. The van der Waals surface area contributed by atoms with Crippen molar-refractivity contribution in [2.45, 2.75) is 38.2 Å². The first kappa shape index (κ1) is 18.2. The van der Waals surface area contributed by atoms with Crippen molar-refractivity contribution < 1.29 is 18.6 Å². The SMILES string of the molecule is Cc1nc([C@]2(O)CCCNCC2)sc1CCOc1ccc(F)c(F)c1. The number of aliphatic hydroxyl groups is 1. The molecule has 1 saturated heterocycles. The van der Waals surface area contributed by atoms with Gasteiger partial charge >= 0.3 is 0 Å². The van der Waals surface area contributed by atoms with Crippen LogP contribution >= 0.6 is 11.3 Å². The van der Waals surface area contributed by atoms with E-state index in [-0.39, 0.29) is 0 Å². The molecular weight excluding hydrogens is 346 g/mol. The Balaban J connectivity index is 1.63. The summed E-state index contributed by atoms with van der Waals surface area (Å²) in [6.07, 6.45) is 2.89. The van der Waals surface area contributed by atoms with Gasteiger partial charge in [-0.05, 0) is 51.4 Å². The van der Waals surface area contributed by atoms with Crippen molar-refractivity contribution in [2.75, 3.05) is 19.7 Å². The third kappa shape index (κ3) is 4.34. The number of halogens is 2. The quantitative estimate of drug-likeness (QED) is 0.850. The smallest absolute Gasteiger partial charge is 0.162 e. The minimum absolute atomic E-state index is 0.301. The summed E-state index contributed by atoms with van der Waals surface area (Å²) in [6, 6.07) is 3.50. The molecule has 2 N–H and O–H groups in total. The van der Waals surface area contributed by atoms with Crippen LogP contribution in [0.2, 0.25) is 0 Å². The standard InChI is InChI=1S/C18H22F2N2O2S/c1-12-16(5-10-24-13-3-4-14(19)15(20)11-13)25-17(22-12)18(23)6-2-8-21-9-7-18/h3-4,11,21,23H,2,5-10H2,1H3/t18-/m0/s1. The highest BCUT2D eigenvalue weighted by Gasteiger charge is 2.33. The molecule has 0 amide bonds. The summed E-state index contributed by atoms with van der Waals surface area (Å²) >= 11 is 1.51. The van der Waals surface area contributed by atoms with Gasteiger partial charge in [0.1, 0.15) is 16.4 Å². The third-order valence-corrected chi connectivity index (χ3v) is 5.85. The molecule has 1 fully saturated rings. The predicted octanol–water partition coefficient (Wildman–Crippen LogP) is 3.31. The summed E-state index contributed by atoms with van der Waals surface area (Å²) in [6.45, 7) is 3.96. The molecule has 25 heavy (non-hydrogen) atoms. The van der Waals surface area contributed by atoms with Crippen molar-refractivity contribution in [3.8, 4) is 5.75 Å². The average Bonchev–Trinajstić information content (AvgIpc) is 2.81. The molecular formula is C18H22F2N2O2S. The maximum atomic E-state index is 13.2. The van der Waals surface area contributed by atoms with E-state index < -0.39 is 17.2 Å². The first-order valence-electron chi connectivity index (χ1n) is 8.46. The lowest BCUT2D eigenvalue weighted by Gasteiger charge is -2.23. The lowest BCUT2D eigenvalue weighted by Crippen LogP contribution is -2.27. The molecule has 3 rings (SSSR count). The van der Waals surface area contributed by atoms with E-state index in [1.807, 2.05) is 6.92 Å². The van der Waals surface area contributed by atoms with Crippen LogP contribution in [0.25, 0.3) is 0 Å². The Labute approximate surface area is 149 Å². The number of hydrogen-bond acceptors (Lipinski definition) is 5. The van der Waals surface area contributed by atoms with Crippen LogP contribution in [0.3, 0.4) is 0 Å². The van der Waals surface area contributed by atoms with E-state index in [1.54, 1.807) is 0 Å². The fourth-order valence-corrected chi connectivity index (χ4v) is 4.14. The van der Waals surface area contributed by atoms with Gasteiger partial charge < -0.3 is 15.2 Å². The van der Waals surface area contributed by atoms with Crippen molar-refractivity contribution in [1.82, 2.24) is 10.3 Å². The normalized spacial score (nSPS) is 21.1. The van der Waals surface area contributed by atoms with E-state index in [4.69, 9.17) is 4.74 Å². The summed E-state index contributed by atoms with van der Waals surface area (Å²) < 4.78 is 31.6. The number of nitrogens with one attached hydrogen (secondary N) is 1. The van der Waals surface area contributed by atoms with E-state index in [9.17, 15) is 13.9 Å². The number of nitrogens with zero attached hydrogens (tertiary/aromatic N) is 1. The Morgan fingerprint density at radius 1 is 1.28 bits per heavy atom. The van der Waals surface area contributed by atoms with Gasteiger partial charge in [-0.1, -0.05) is 0 Å². The van der Waals surface area contributed by atoms with Gasteiger partial charge in [0.15, 0.2) is 11.6 Å². The molecule has 2 aromatic rings. The number of thiazole rings is 1. The Kier molecular flexibility index (Phi) is 5.66. The van der Waals surface area contributed by atoms with Crippen LogP contribution in [0.1, 0.15) is 34.8 Å². The molecule has 1 atom stereocenters. The van der Waals surface area contributed by atoms with E-state index >= 15 is 0 Å². The predicted molar refractivity (Wildman–Crippen MR) is 93.0 cm³/mol. The van der Waals surface area contributed by atoms with Crippen molar-refractivity contribution >= 4 is 11.3 Å². The Bertz CT molecular complexity index is 728. The van der Waals surface area contributed by atoms with E-state index in [0.29, 0.717) is 31.6 Å². The number of aryl methyl sites for hydroxylation is 1. The molecule has 1 aromatic heterocycles. The number of hydrogen-bond donors (Lipinski definition) is 2. The van der Waals surface area contributed by atoms with E-state index in [1.165, 1.54) is 17.4 Å². The topological polar surface area (TPSA) is 54.4 Å². The highest BCUT2D eigenvalue weighted by Crippen LogP contribution is 2.35. The monoisotopic (exact) mass is 368 g/mol. The van der Waals surface area contributed by atoms with Gasteiger partial charge in [-0.2, -0.15) is 0 Å². The maximum Gasteiger partial charge on any atom is 0.162 e. The number of ether oxygens (including phenoxy) is 1. The van der Waals surface area contributed by atoms with E-state index in [2.05, 4.69) is 10.3 Å². The van der Waals surface area contributed by atoms with Crippen molar-refractivity contribution in [3.63, 3.8) is 0 Å². The van der Waals surface area contributed by atoms with Crippen LogP contribution in [0.4, 0.5) is 8.78 Å². The first-order valence-corrected chi connectivity index (χ1v) is 9.27. The molecule has 7 heteroatoms. The van der Waals surface area contributed by atoms with Gasteiger partial charge in [0.05, 0.1) is 12.3 Å². The zero-order valence-corrected chi connectivity index (χ0v) is 15.0. The highest BCUT2D eigenvalue weighted by atomic mass is 32.1. The maximum absolute atomic E-state index is 13.2. The second-order valence-corrected chi connectivity index (χ2v) is 7.42. The largest absolute Gasteiger partial charge is 0.493 e. The molecule has 1 aliphatic heterocycles. The average molecular weight is 368 g/mol. The van der Waals surface area contributed by atoms with Crippen LogP contribution in [-0.4, -0.2) is 29.8 Å². The van der Waals surface area contributed by atoms with Gasteiger partial charge in [0.25, 0.3) is 0 Å². The van der Waals surface area contributed by atoms with Crippen molar-refractivity contribution in [2.24, 2.45) is 0 Å².